The molecule has 1 fully saturated rings. The summed E-state index contributed by atoms with van der Waals surface area (Å²) < 4.78 is 195. The maximum absolute atomic E-state index is 15.4. The lowest BCUT2D eigenvalue weighted by atomic mass is 9.94. The topological polar surface area (TPSA) is 149 Å². The van der Waals surface area contributed by atoms with Crippen molar-refractivity contribution in [1.82, 2.24) is 4.31 Å². The van der Waals surface area contributed by atoms with Crippen LogP contribution in [0.1, 0.15) is 61.3 Å². The van der Waals surface area contributed by atoms with E-state index < -0.39 is 121 Å². The molecule has 0 saturated carbocycles. The number of sulfone groups is 3. The first-order chi connectivity index (χ1) is 17.8. The predicted molar refractivity (Wildman–Crippen MR) is 139 cm³/mol. The van der Waals surface area contributed by atoms with E-state index >= 15 is 17.6 Å². The van der Waals surface area contributed by atoms with Gasteiger partial charge in [-0.2, -0.15) is 30.6 Å². The first kappa shape index (κ1) is 38.3. The molecule has 41 heavy (non-hydrogen) atoms. The highest BCUT2D eigenvalue weighted by Crippen LogP contribution is 2.55. The molecule has 0 radical (unpaired) electrons. The molecule has 0 bridgehead atoms. The average Bonchev–Trinajstić information content (AvgIpc) is 2.80. The first-order valence-electron chi connectivity index (χ1n) is 12.2. The van der Waals surface area contributed by atoms with Crippen LogP contribution in [0.2, 0.25) is 0 Å². The third kappa shape index (κ3) is 6.71. The van der Waals surface area contributed by atoms with Gasteiger partial charge in [0.2, 0.25) is 0 Å². The summed E-state index contributed by atoms with van der Waals surface area (Å²) in [6.45, 7) is 5.16. The normalized spacial score (nSPS) is 18.5. The van der Waals surface area contributed by atoms with Gasteiger partial charge in [0.15, 0.2) is 19.7 Å². The molecule has 0 spiro atoms. The van der Waals surface area contributed by atoms with E-state index in [1.54, 1.807) is 0 Å². The van der Waals surface area contributed by atoms with Gasteiger partial charge in [-0.3, -0.25) is 0 Å². The second-order valence-electron chi connectivity index (χ2n) is 12.2. The number of hydrogen-bond acceptors (Lipinski definition) is 9. The highest BCUT2D eigenvalue weighted by Gasteiger charge is 2.86. The molecule has 1 aliphatic heterocycles. The zero-order valence-corrected chi connectivity index (χ0v) is 26.9. The molecule has 0 atom stereocenters. The molecule has 1 rings (SSSR count). The Hall–Kier alpha value is -0.700. The quantitative estimate of drug-likeness (QED) is 0.282. The van der Waals surface area contributed by atoms with E-state index in [4.69, 9.17) is 4.74 Å². The number of hydrogen-bond donors (Lipinski definition) is 0. The largest absolute Gasteiger partial charge is 0.428 e. The van der Waals surface area contributed by atoms with Gasteiger partial charge in [-0.15, -0.1) is 0 Å². The van der Waals surface area contributed by atoms with Gasteiger partial charge in [-0.1, -0.05) is 41.5 Å². The number of sulfonamides is 1. The van der Waals surface area contributed by atoms with Crippen molar-refractivity contribution < 1.29 is 64.8 Å². The molecule has 1 saturated heterocycles. The Morgan fingerprint density at radius 1 is 0.610 bits per heavy atom. The summed E-state index contributed by atoms with van der Waals surface area (Å²) >= 11 is 0. The molecule has 0 aliphatic carbocycles. The molecular formula is C21H37F6NO9S4. The fourth-order valence-electron chi connectivity index (χ4n) is 3.46. The van der Waals surface area contributed by atoms with Gasteiger partial charge in [0.25, 0.3) is 23.3 Å². The van der Waals surface area contributed by atoms with Crippen LogP contribution in [0.3, 0.4) is 0 Å². The number of halogens is 6. The molecular weight excluding hydrogens is 652 g/mol. The SMILES string of the molecule is CC(C)(C)CCS(=O)(=O)C(C)(S(=O)(=O)CCC(C)(C)C)S(=O)(=O)C(F)(F)C(F)(F)C(F)(F)S(=O)(=O)N1CCOCC1. The van der Waals surface area contributed by atoms with Crippen LogP contribution < -0.4 is 0 Å². The van der Waals surface area contributed by atoms with E-state index in [9.17, 15) is 42.5 Å². The monoisotopic (exact) mass is 689 g/mol. The van der Waals surface area contributed by atoms with Crippen LogP contribution in [-0.4, -0.2) is 95.6 Å². The van der Waals surface area contributed by atoms with Crippen molar-refractivity contribution in [3.8, 4) is 0 Å². The van der Waals surface area contributed by atoms with Gasteiger partial charge in [0, 0.05) is 13.1 Å². The lowest BCUT2D eigenvalue weighted by Gasteiger charge is -2.39. The number of nitrogens with zero attached hydrogens (tertiary/aromatic N) is 1. The van der Waals surface area contributed by atoms with Crippen LogP contribution in [-0.2, 0) is 44.3 Å². The number of ether oxygens (including phenoxy) is 1. The lowest BCUT2D eigenvalue weighted by Crippen LogP contribution is -2.68. The minimum absolute atomic E-state index is 0.267. The van der Waals surface area contributed by atoms with Crippen molar-refractivity contribution in [3.05, 3.63) is 0 Å². The summed E-state index contributed by atoms with van der Waals surface area (Å²) in [5, 5.41) is -14.1. The molecule has 0 aromatic heterocycles. The van der Waals surface area contributed by atoms with Gasteiger partial charge < -0.3 is 4.74 Å². The van der Waals surface area contributed by atoms with Crippen molar-refractivity contribution in [1.29, 1.82) is 0 Å². The summed E-state index contributed by atoms with van der Waals surface area (Å²) in [6, 6.07) is 0. The van der Waals surface area contributed by atoms with Gasteiger partial charge in [-0.05, 0) is 30.6 Å². The lowest BCUT2D eigenvalue weighted by molar-refractivity contribution is -0.245. The highest BCUT2D eigenvalue weighted by atomic mass is 32.3. The Morgan fingerprint density at radius 3 is 1.27 bits per heavy atom. The summed E-state index contributed by atoms with van der Waals surface area (Å²) in [4.78, 5) is 0. The molecule has 0 amide bonds. The molecule has 10 nitrogen and oxygen atoms in total. The number of rotatable bonds is 12. The van der Waals surface area contributed by atoms with E-state index in [0.717, 1.165) is 0 Å². The molecule has 1 heterocycles. The molecule has 0 unspecified atom stereocenters. The summed E-state index contributed by atoms with van der Waals surface area (Å²) in [7, 11) is -26.2. The van der Waals surface area contributed by atoms with Crippen LogP contribution in [0.15, 0.2) is 0 Å². The standard InChI is InChI=1S/C21H37F6NO9S4/c1-16(2,3)8-14-38(29,30)18(7,39(31,32)15-9-17(4,5)6)40(33,34)20(24,25)19(22,23)21(26,27)41(35,36)28-10-12-37-13-11-28/h8-15H2,1-7H3. The Bertz CT molecular complexity index is 1340. The molecule has 246 valence electrons. The van der Waals surface area contributed by atoms with Crippen LogP contribution in [0.25, 0.3) is 0 Å². The zero-order valence-electron chi connectivity index (χ0n) is 23.7. The van der Waals surface area contributed by atoms with Crippen LogP contribution in [0.4, 0.5) is 26.3 Å². The second kappa shape index (κ2) is 11.3. The van der Waals surface area contributed by atoms with Crippen molar-refractivity contribution in [2.24, 2.45) is 10.8 Å². The van der Waals surface area contributed by atoms with Crippen LogP contribution in [0, 0.1) is 10.8 Å². The number of morpholine rings is 1. The number of alkyl halides is 6. The molecule has 0 N–H and O–H groups in total. The molecule has 1 aliphatic rings. The zero-order chi connectivity index (χ0) is 32.9. The first-order valence-corrected chi connectivity index (χ1v) is 18.4. The van der Waals surface area contributed by atoms with E-state index in [1.165, 1.54) is 41.5 Å². The van der Waals surface area contributed by atoms with E-state index in [2.05, 4.69) is 0 Å². The Labute approximate surface area is 238 Å². The Kier molecular flexibility index (Phi) is 10.6. The van der Waals surface area contributed by atoms with Crippen LogP contribution in [0.5, 0.6) is 0 Å². The summed E-state index contributed by atoms with van der Waals surface area (Å²) in [5.41, 5.74) is -1.95. The van der Waals surface area contributed by atoms with Gasteiger partial charge in [0.1, 0.15) is 0 Å². The maximum Gasteiger partial charge on any atom is 0.428 e. The van der Waals surface area contributed by atoms with Crippen molar-refractivity contribution >= 4 is 39.5 Å². The summed E-state index contributed by atoms with van der Waals surface area (Å²) in [6.07, 6.45) is -1.09. The van der Waals surface area contributed by atoms with E-state index in [1.807, 2.05) is 0 Å². The van der Waals surface area contributed by atoms with Crippen molar-refractivity contribution in [2.45, 2.75) is 81.2 Å². The fourth-order valence-corrected chi connectivity index (χ4v) is 14.2. The highest BCUT2D eigenvalue weighted by molar-refractivity contribution is 8.26. The minimum Gasteiger partial charge on any atom is -0.379 e. The third-order valence-corrected chi connectivity index (χ3v) is 18.5. The van der Waals surface area contributed by atoms with Gasteiger partial charge in [-0.25, -0.2) is 33.7 Å². The third-order valence-electron chi connectivity index (χ3n) is 6.56. The van der Waals surface area contributed by atoms with Crippen molar-refractivity contribution in [2.75, 3.05) is 37.8 Å². The van der Waals surface area contributed by atoms with E-state index in [0.29, 0.717) is 0 Å². The molecule has 20 heteroatoms. The smallest absolute Gasteiger partial charge is 0.379 e. The molecule has 0 aromatic rings. The Morgan fingerprint density at radius 2 is 0.951 bits per heavy atom. The van der Waals surface area contributed by atoms with Gasteiger partial charge in [0.05, 0.1) is 24.7 Å². The minimum atomic E-state index is -7.73. The molecule has 0 aromatic carbocycles. The summed E-state index contributed by atoms with van der Waals surface area (Å²) in [5.74, 6) is -10.2. The van der Waals surface area contributed by atoms with Crippen LogP contribution >= 0.6 is 0 Å². The Balaban J connectivity index is 4.00. The second-order valence-corrected chi connectivity index (χ2v) is 22.2. The maximum atomic E-state index is 15.4. The van der Waals surface area contributed by atoms with Gasteiger partial charge >= 0.3 is 16.4 Å². The average molecular weight is 690 g/mol. The predicted octanol–water partition coefficient (Wildman–Crippen LogP) is 3.26. The van der Waals surface area contributed by atoms with Crippen molar-refractivity contribution in [3.63, 3.8) is 0 Å². The fraction of sp³-hybridized carbons (Fsp3) is 1.00. The van der Waals surface area contributed by atoms with E-state index in [-0.39, 0.29) is 11.2 Å².